The molecule has 0 amide bonds. The van der Waals surface area contributed by atoms with Gasteiger partial charge in [0.05, 0.1) is 5.56 Å². The molecule has 0 heterocycles. The molecule has 1 saturated carbocycles. The van der Waals surface area contributed by atoms with E-state index < -0.39 is 11.7 Å². The summed E-state index contributed by atoms with van der Waals surface area (Å²) < 4.78 is 39.0. The highest BCUT2D eigenvalue weighted by molar-refractivity contribution is 5.34. The second-order valence-corrected chi connectivity index (χ2v) is 4.92. The number of hydrogen-bond acceptors (Lipinski definition) is 1. The van der Waals surface area contributed by atoms with Crippen molar-refractivity contribution < 1.29 is 13.2 Å². The number of nitrogens with one attached hydrogen (secondary N) is 1. The highest BCUT2D eigenvalue weighted by Gasteiger charge is 2.39. The number of rotatable bonds is 5. The third-order valence-electron chi connectivity index (χ3n) is 3.56. The van der Waals surface area contributed by atoms with Gasteiger partial charge in [0.15, 0.2) is 0 Å². The average molecular weight is 257 g/mol. The van der Waals surface area contributed by atoms with Gasteiger partial charge >= 0.3 is 6.18 Å². The zero-order chi connectivity index (χ0) is 13.2. The molecule has 0 saturated heterocycles. The third-order valence-corrected chi connectivity index (χ3v) is 3.56. The predicted octanol–water partition coefficient (Wildman–Crippen LogP) is 3.81. The fraction of sp³-hybridized carbons (Fsp3) is 0.571. The third kappa shape index (κ3) is 3.05. The first-order chi connectivity index (χ1) is 8.54. The van der Waals surface area contributed by atoms with Gasteiger partial charge in [-0.1, -0.05) is 18.2 Å². The molecular formula is C14H18F3N. The molecule has 0 bridgehead atoms. The number of halogens is 3. The molecule has 1 fully saturated rings. The molecule has 0 spiro atoms. The topological polar surface area (TPSA) is 12.0 Å². The van der Waals surface area contributed by atoms with Crippen LogP contribution >= 0.6 is 0 Å². The first-order valence-electron chi connectivity index (χ1n) is 6.34. The summed E-state index contributed by atoms with van der Waals surface area (Å²) in [4.78, 5) is 0. The minimum absolute atomic E-state index is 0.0373. The summed E-state index contributed by atoms with van der Waals surface area (Å²) >= 11 is 0. The minimum Gasteiger partial charge on any atom is -0.320 e. The fourth-order valence-electron chi connectivity index (χ4n) is 2.52. The van der Waals surface area contributed by atoms with E-state index in [0.29, 0.717) is 11.5 Å². The molecule has 1 atom stereocenters. The molecule has 0 aromatic heterocycles. The number of alkyl halides is 3. The van der Waals surface area contributed by atoms with E-state index in [1.807, 2.05) is 7.05 Å². The summed E-state index contributed by atoms with van der Waals surface area (Å²) in [5, 5.41) is 3.03. The van der Waals surface area contributed by atoms with Crippen molar-refractivity contribution in [3.05, 3.63) is 35.4 Å². The van der Waals surface area contributed by atoms with Gasteiger partial charge in [-0.2, -0.15) is 13.2 Å². The van der Waals surface area contributed by atoms with E-state index >= 15 is 0 Å². The molecule has 1 aliphatic rings. The van der Waals surface area contributed by atoms with Crippen LogP contribution in [0, 0.1) is 5.92 Å². The zero-order valence-corrected chi connectivity index (χ0v) is 10.4. The Balaban J connectivity index is 2.29. The zero-order valence-electron chi connectivity index (χ0n) is 10.4. The molecule has 1 N–H and O–H groups in total. The van der Waals surface area contributed by atoms with Crippen molar-refractivity contribution >= 4 is 0 Å². The molecule has 2 rings (SSSR count). The minimum atomic E-state index is -4.25. The molecule has 0 aliphatic heterocycles. The Bertz CT molecular complexity index is 396. The Kier molecular flexibility index (Phi) is 3.95. The summed E-state index contributed by atoms with van der Waals surface area (Å²) in [6.07, 6.45) is -1.36. The van der Waals surface area contributed by atoms with Crippen LogP contribution in [0.1, 0.15) is 36.3 Å². The van der Waals surface area contributed by atoms with Gasteiger partial charge in [0, 0.05) is 0 Å². The van der Waals surface area contributed by atoms with Crippen molar-refractivity contribution in [1.82, 2.24) is 5.32 Å². The lowest BCUT2D eigenvalue weighted by Crippen LogP contribution is -2.17. The maximum atomic E-state index is 13.0. The monoisotopic (exact) mass is 257 g/mol. The van der Waals surface area contributed by atoms with Gasteiger partial charge < -0.3 is 5.32 Å². The summed E-state index contributed by atoms with van der Waals surface area (Å²) in [6.45, 7) is 0.757. The van der Waals surface area contributed by atoms with Crippen molar-refractivity contribution in [1.29, 1.82) is 0 Å². The molecule has 1 nitrogen and oxygen atoms in total. The molecule has 100 valence electrons. The Hall–Kier alpha value is -1.03. The van der Waals surface area contributed by atoms with Gasteiger partial charge in [0.25, 0.3) is 0 Å². The molecule has 4 heteroatoms. The maximum Gasteiger partial charge on any atom is 0.416 e. The molecule has 1 aliphatic carbocycles. The first kappa shape index (κ1) is 13.4. The predicted molar refractivity (Wildman–Crippen MR) is 65.5 cm³/mol. The van der Waals surface area contributed by atoms with E-state index in [1.165, 1.54) is 12.1 Å². The fourth-order valence-corrected chi connectivity index (χ4v) is 2.52. The lowest BCUT2D eigenvalue weighted by atomic mass is 9.87. The van der Waals surface area contributed by atoms with E-state index in [2.05, 4.69) is 5.32 Å². The highest BCUT2D eigenvalue weighted by atomic mass is 19.4. The second-order valence-electron chi connectivity index (χ2n) is 4.92. The smallest absolute Gasteiger partial charge is 0.320 e. The van der Waals surface area contributed by atoms with Gasteiger partial charge in [-0.05, 0) is 56.3 Å². The van der Waals surface area contributed by atoms with Gasteiger partial charge in [-0.25, -0.2) is 0 Å². The van der Waals surface area contributed by atoms with Crippen LogP contribution in [0.4, 0.5) is 13.2 Å². The lowest BCUT2D eigenvalue weighted by Gasteiger charge is -2.21. The molecule has 1 unspecified atom stereocenters. The van der Waals surface area contributed by atoms with Gasteiger partial charge in [0.1, 0.15) is 0 Å². The van der Waals surface area contributed by atoms with Crippen LogP contribution in [-0.2, 0) is 6.18 Å². The van der Waals surface area contributed by atoms with Crippen LogP contribution < -0.4 is 5.32 Å². The molecule has 1 aromatic carbocycles. The van der Waals surface area contributed by atoms with E-state index in [-0.39, 0.29) is 5.92 Å². The number of benzene rings is 1. The SMILES string of the molecule is CNCCC(c1ccccc1C(F)(F)F)C1CC1. The lowest BCUT2D eigenvalue weighted by molar-refractivity contribution is -0.138. The normalized spacial score (nSPS) is 17.8. The maximum absolute atomic E-state index is 13.0. The van der Waals surface area contributed by atoms with Crippen molar-refractivity contribution in [3.8, 4) is 0 Å². The van der Waals surface area contributed by atoms with Gasteiger partial charge in [-0.15, -0.1) is 0 Å². The quantitative estimate of drug-likeness (QED) is 0.845. The van der Waals surface area contributed by atoms with Crippen molar-refractivity contribution in [3.63, 3.8) is 0 Å². The summed E-state index contributed by atoms with van der Waals surface area (Å²) in [5.41, 5.74) is 0.0146. The largest absolute Gasteiger partial charge is 0.416 e. The Morgan fingerprint density at radius 2 is 1.94 bits per heavy atom. The van der Waals surface area contributed by atoms with Crippen molar-refractivity contribution in [2.45, 2.75) is 31.4 Å². The molecule has 0 radical (unpaired) electrons. The van der Waals surface area contributed by atoms with Crippen LogP contribution in [0.2, 0.25) is 0 Å². The number of hydrogen-bond donors (Lipinski definition) is 1. The standard InChI is InChI=1S/C14H18F3N/c1-18-9-8-11(10-6-7-10)12-4-2-3-5-13(12)14(15,16)17/h2-5,10-11,18H,6-9H2,1H3. The van der Waals surface area contributed by atoms with Gasteiger partial charge in [0.2, 0.25) is 0 Å². The van der Waals surface area contributed by atoms with Gasteiger partial charge in [-0.3, -0.25) is 0 Å². The molecular weight excluding hydrogens is 239 g/mol. The van der Waals surface area contributed by atoms with E-state index in [1.54, 1.807) is 12.1 Å². The van der Waals surface area contributed by atoms with Crippen LogP contribution in [0.25, 0.3) is 0 Å². The highest BCUT2D eigenvalue weighted by Crippen LogP contribution is 2.47. The van der Waals surface area contributed by atoms with E-state index in [4.69, 9.17) is 0 Å². The van der Waals surface area contributed by atoms with Crippen LogP contribution in [0.3, 0.4) is 0 Å². The average Bonchev–Trinajstić information content (AvgIpc) is 3.13. The van der Waals surface area contributed by atoms with Crippen LogP contribution in [0.5, 0.6) is 0 Å². The van der Waals surface area contributed by atoms with Crippen molar-refractivity contribution in [2.24, 2.45) is 5.92 Å². The Morgan fingerprint density at radius 3 is 2.50 bits per heavy atom. The summed E-state index contributed by atoms with van der Waals surface area (Å²) in [5.74, 6) is 0.470. The van der Waals surface area contributed by atoms with E-state index in [9.17, 15) is 13.2 Å². The Morgan fingerprint density at radius 1 is 1.28 bits per heavy atom. The second kappa shape index (κ2) is 5.31. The molecule has 1 aromatic rings. The Labute approximate surface area is 105 Å². The van der Waals surface area contributed by atoms with E-state index in [0.717, 1.165) is 25.8 Å². The van der Waals surface area contributed by atoms with Crippen LogP contribution in [0.15, 0.2) is 24.3 Å². The summed E-state index contributed by atoms with van der Waals surface area (Å²) in [6, 6.07) is 6.01. The van der Waals surface area contributed by atoms with Crippen LogP contribution in [-0.4, -0.2) is 13.6 Å². The first-order valence-corrected chi connectivity index (χ1v) is 6.34. The van der Waals surface area contributed by atoms with Crippen molar-refractivity contribution in [2.75, 3.05) is 13.6 Å². The summed E-state index contributed by atoms with van der Waals surface area (Å²) in [7, 11) is 1.83. The molecule has 18 heavy (non-hydrogen) atoms.